The molecule has 1 aromatic carbocycles. The molecule has 0 saturated carbocycles. The zero-order chi connectivity index (χ0) is 14.5. The zero-order valence-corrected chi connectivity index (χ0v) is 11.8. The summed E-state index contributed by atoms with van der Waals surface area (Å²) in [5, 5.41) is 7.68. The van der Waals surface area contributed by atoms with Crippen molar-refractivity contribution in [1.82, 2.24) is 0 Å². The number of allylic oxidation sites excluding steroid dienone is 1. The summed E-state index contributed by atoms with van der Waals surface area (Å²) >= 11 is 0. The van der Waals surface area contributed by atoms with Crippen molar-refractivity contribution >= 4 is 21.6 Å². The minimum Gasteiger partial charge on any atom is -0.322 e. The Balaban J connectivity index is 2.72. The van der Waals surface area contributed by atoms with Crippen molar-refractivity contribution in [3.05, 3.63) is 41.5 Å². The Labute approximate surface area is 113 Å². The number of hydrogen-bond acceptors (Lipinski definition) is 3. The molecule has 1 aromatic rings. The number of anilines is 1. The second-order valence-corrected chi connectivity index (χ2v) is 5.87. The van der Waals surface area contributed by atoms with Gasteiger partial charge in [-0.15, -0.1) is 0 Å². The van der Waals surface area contributed by atoms with Crippen molar-refractivity contribution in [3.8, 4) is 0 Å². The van der Waals surface area contributed by atoms with Gasteiger partial charge in [0, 0.05) is 11.3 Å². The van der Waals surface area contributed by atoms with Gasteiger partial charge in [0.15, 0.2) is 0 Å². The maximum Gasteiger partial charge on any atom is 0.250 e. The minimum absolute atomic E-state index is 0.166. The molecule has 0 saturated heterocycles. The first-order valence-corrected chi connectivity index (χ1v) is 7.61. The smallest absolute Gasteiger partial charge is 0.250 e. The molecule has 0 heterocycles. The lowest BCUT2D eigenvalue weighted by Crippen LogP contribution is -2.15. The first-order valence-electron chi connectivity index (χ1n) is 5.89. The number of amides is 1. The SMILES string of the molecule is CC/C=C(/C)C(=O)Nc1ccc(CS(N)(=O)=O)cc1. The first-order chi connectivity index (χ1) is 8.81. The Kier molecular flexibility index (Phi) is 5.26. The summed E-state index contributed by atoms with van der Waals surface area (Å²) in [4.78, 5) is 11.7. The van der Waals surface area contributed by atoms with E-state index in [0.717, 1.165) is 6.42 Å². The van der Waals surface area contributed by atoms with Crippen LogP contribution in [0.2, 0.25) is 0 Å². The molecule has 104 valence electrons. The van der Waals surface area contributed by atoms with Crippen LogP contribution in [0.5, 0.6) is 0 Å². The highest BCUT2D eigenvalue weighted by molar-refractivity contribution is 7.88. The van der Waals surface area contributed by atoms with Crippen molar-refractivity contribution in [2.24, 2.45) is 5.14 Å². The Morgan fingerprint density at radius 1 is 1.32 bits per heavy atom. The van der Waals surface area contributed by atoms with Crippen molar-refractivity contribution < 1.29 is 13.2 Å². The van der Waals surface area contributed by atoms with Crippen molar-refractivity contribution in [2.75, 3.05) is 5.32 Å². The maximum absolute atomic E-state index is 11.7. The highest BCUT2D eigenvalue weighted by Crippen LogP contribution is 2.12. The van der Waals surface area contributed by atoms with Crippen LogP contribution in [0.15, 0.2) is 35.9 Å². The van der Waals surface area contributed by atoms with E-state index in [9.17, 15) is 13.2 Å². The molecule has 0 fully saturated rings. The van der Waals surface area contributed by atoms with Gasteiger partial charge in [-0.3, -0.25) is 4.79 Å². The summed E-state index contributed by atoms with van der Waals surface area (Å²) in [5.74, 6) is -0.378. The van der Waals surface area contributed by atoms with Crippen LogP contribution in [0.1, 0.15) is 25.8 Å². The Morgan fingerprint density at radius 2 is 1.89 bits per heavy atom. The van der Waals surface area contributed by atoms with Gasteiger partial charge in [-0.25, -0.2) is 13.6 Å². The Hall–Kier alpha value is -1.66. The monoisotopic (exact) mass is 282 g/mol. The van der Waals surface area contributed by atoms with E-state index in [2.05, 4.69) is 5.32 Å². The molecule has 5 nitrogen and oxygen atoms in total. The van der Waals surface area contributed by atoms with Gasteiger partial charge in [-0.1, -0.05) is 25.1 Å². The van der Waals surface area contributed by atoms with E-state index < -0.39 is 10.0 Å². The Morgan fingerprint density at radius 3 is 2.37 bits per heavy atom. The summed E-state index contributed by atoms with van der Waals surface area (Å²) in [6.07, 6.45) is 2.64. The average molecular weight is 282 g/mol. The molecule has 0 unspecified atom stereocenters. The van der Waals surface area contributed by atoms with Crippen molar-refractivity contribution in [3.63, 3.8) is 0 Å². The fourth-order valence-corrected chi connectivity index (χ4v) is 2.20. The highest BCUT2D eigenvalue weighted by Gasteiger charge is 2.06. The molecular weight excluding hydrogens is 264 g/mol. The minimum atomic E-state index is -3.53. The molecule has 1 rings (SSSR count). The van der Waals surface area contributed by atoms with Crippen LogP contribution in [-0.2, 0) is 20.6 Å². The lowest BCUT2D eigenvalue weighted by molar-refractivity contribution is -0.112. The summed E-state index contributed by atoms with van der Waals surface area (Å²) in [5.41, 5.74) is 1.85. The second kappa shape index (κ2) is 6.49. The van der Waals surface area contributed by atoms with E-state index in [-0.39, 0.29) is 11.7 Å². The number of carbonyl (C=O) groups excluding carboxylic acids is 1. The molecule has 0 aliphatic rings. The number of benzene rings is 1. The fraction of sp³-hybridized carbons (Fsp3) is 0.308. The summed E-state index contributed by atoms with van der Waals surface area (Å²) in [7, 11) is -3.53. The van der Waals surface area contributed by atoms with E-state index in [1.165, 1.54) is 0 Å². The van der Waals surface area contributed by atoms with Crippen LogP contribution in [0, 0.1) is 0 Å². The molecular formula is C13H18N2O3S. The van der Waals surface area contributed by atoms with Gasteiger partial charge in [-0.05, 0) is 31.0 Å². The lowest BCUT2D eigenvalue weighted by atomic mass is 10.2. The van der Waals surface area contributed by atoms with Crippen LogP contribution in [0.4, 0.5) is 5.69 Å². The third-order valence-electron chi connectivity index (χ3n) is 2.45. The van der Waals surface area contributed by atoms with Gasteiger partial charge >= 0.3 is 0 Å². The first kappa shape index (κ1) is 15.4. The van der Waals surface area contributed by atoms with Crippen molar-refractivity contribution in [1.29, 1.82) is 0 Å². The van der Waals surface area contributed by atoms with Gasteiger partial charge in [0.2, 0.25) is 10.0 Å². The lowest BCUT2D eigenvalue weighted by Gasteiger charge is -2.06. The predicted molar refractivity (Wildman–Crippen MR) is 75.9 cm³/mol. The highest BCUT2D eigenvalue weighted by atomic mass is 32.2. The molecule has 0 atom stereocenters. The zero-order valence-electron chi connectivity index (χ0n) is 11.0. The number of hydrogen-bond donors (Lipinski definition) is 2. The molecule has 6 heteroatoms. The maximum atomic E-state index is 11.7. The fourth-order valence-electron chi connectivity index (χ4n) is 1.55. The van der Waals surface area contributed by atoms with Crippen LogP contribution in [0.3, 0.4) is 0 Å². The topological polar surface area (TPSA) is 89.3 Å². The van der Waals surface area contributed by atoms with Gasteiger partial charge in [0.05, 0.1) is 5.75 Å². The molecule has 1 amide bonds. The standard InChI is InChI=1S/C13H18N2O3S/c1-3-4-10(2)13(16)15-12-7-5-11(6-8-12)9-19(14,17)18/h4-8H,3,9H2,1-2H3,(H,15,16)(H2,14,17,18)/b10-4-. The van der Waals surface area contributed by atoms with E-state index in [1.54, 1.807) is 31.2 Å². The quantitative estimate of drug-likeness (QED) is 0.806. The van der Waals surface area contributed by atoms with E-state index in [1.807, 2.05) is 13.0 Å². The van der Waals surface area contributed by atoms with E-state index >= 15 is 0 Å². The number of rotatable bonds is 5. The molecule has 0 aromatic heterocycles. The number of nitrogens with one attached hydrogen (secondary N) is 1. The largest absolute Gasteiger partial charge is 0.322 e. The summed E-state index contributed by atoms with van der Waals surface area (Å²) < 4.78 is 21.9. The van der Waals surface area contributed by atoms with Crippen LogP contribution in [-0.4, -0.2) is 14.3 Å². The van der Waals surface area contributed by atoms with Crippen LogP contribution >= 0.6 is 0 Å². The predicted octanol–water partition coefficient (Wildman–Crippen LogP) is 1.77. The molecule has 19 heavy (non-hydrogen) atoms. The number of sulfonamides is 1. The normalized spacial score (nSPS) is 12.3. The van der Waals surface area contributed by atoms with Gasteiger partial charge in [0.25, 0.3) is 5.91 Å². The molecule has 0 bridgehead atoms. The van der Waals surface area contributed by atoms with Crippen molar-refractivity contribution in [2.45, 2.75) is 26.0 Å². The van der Waals surface area contributed by atoms with Gasteiger partial charge < -0.3 is 5.32 Å². The average Bonchev–Trinajstić information content (AvgIpc) is 2.30. The van der Waals surface area contributed by atoms with Gasteiger partial charge in [-0.2, -0.15) is 0 Å². The molecule has 0 spiro atoms. The number of carbonyl (C=O) groups is 1. The number of nitrogens with two attached hydrogens (primary N) is 1. The van der Waals surface area contributed by atoms with E-state index in [0.29, 0.717) is 16.8 Å². The third-order valence-corrected chi connectivity index (χ3v) is 3.18. The number of primary sulfonamides is 1. The molecule has 0 aliphatic carbocycles. The summed E-state index contributed by atoms with van der Waals surface area (Å²) in [6, 6.07) is 6.55. The van der Waals surface area contributed by atoms with E-state index in [4.69, 9.17) is 5.14 Å². The molecule has 0 aliphatic heterocycles. The third kappa shape index (κ3) is 5.67. The molecule has 3 N–H and O–H groups in total. The Bertz CT molecular complexity index is 574. The summed E-state index contributed by atoms with van der Waals surface area (Å²) in [6.45, 7) is 3.70. The van der Waals surface area contributed by atoms with Crippen LogP contribution in [0.25, 0.3) is 0 Å². The second-order valence-electron chi connectivity index (χ2n) is 4.25. The van der Waals surface area contributed by atoms with Crippen LogP contribution < -0.4 is 10.5 Å². The molecule has 0 radical (unpaired) electrons. The van der Waals surface area contributed by atoms with Gasteiger partial charge in [0.1, 0.15) is 0 Å².